The monoisotopic (exact) mass is 348 g/mol. The number of aryl methyl sites for hydroxylation is 1. The average molecular weight is 348 g/mol. The second-order valence-electron chi connectivity index (χ2n) is 7.32. The normalized spacial score (nSPS) is 12.0. The van der Waals surface area contributed by atoms with Crippen LogP contribution in [0.5, 0.6) is 0 Å². The summed E-state index contributed by atoms with van der Waals surface area (Å²) in [7, 11) is 0. The molecule has 4 rings (SSSR count). The summed E-state index contributed by atoms with van der Waals surface area (Å²) in [5.41, 5.74) is 4.83. The molecule has 0 saturated heterocycles. The lowest BCUT2D eigenvalue weighted by Crippen LogP contribution is -2.10. The molecule has 25 heavy (non-hydrogen) atoms. The highest BCUT2D eigenvalue weighted by Crippen LogP contribution is 2.30. The summed E-state index contributed by atoms with van der Waals surface area (Å²) in [5.74, 6) is 0.781. The Morgan fingerprint density at radius 1 is 0.840 bits per heavy atom. The standard InChI is InChI=1S/C20H20N4S/c1-13-5-7-14(8-6-13)17-21-22-19-24(17)23-18(25-19)15-9-11-16(12-10-15)20(2,3)4/h5-12H,1-4H3. The molecule has 0 unspecified atom stereocenters. The quantitative estimate of drug-likeness (QED) is 0.504. The summed E-state index contributed by atoms with van der Waals surface area (Å²) >= 11 is 1.56. The number of hydrogen-bond donors (Lipinski definition) is 0. The average Bonchev–Trinajstić information content (AvgIpc) is 3.16. The molecule has 0 aliphatic heterocycles. The van der Waals surface area contributed by atoms with Crippen LogP contribution in [-0.4, -0.2) is 19.8 Å². The third-order valence-electron chi connectivity index (χ3n) is 4.30. The van der Waals surface area contributed by atoms with Gasteiger partial charge >= 0.3 is 0 Å². The SMILES string of the molecule is Cc1ccc(-c2nnc3sc(-c4ccc(C(C)(C)C)cc4)nn23)cc1. The highest BCUT2D eigenvalue weighted by molar-refractivity contribution is 7.19. The molecule has 4 aromatic rings. The molecular weight excluding hydrogens is 328 g/mol. The Balaban J connectivity index is 1.74. The summed E-state index contributed by atoms with van der Waals surface area (Å²) < 4.78 is 1.84. The van der Waals surface area contributed by atoms with Crippen LogP contribution in [0.1, 0.15) is 31.9 Å². The van der Waals surface area contributed by atoms with Crippen LogP contribution < -0.4 is 0 Å². The van der Waals surface area contributed by atoms with E-state index >= 15 is 0 Å². The molecular formula is C20H20N4S. The van der Waals surface area contributed by atoms with E-state index in [2.05, 4.69) is 86.4 Å². The van der Waals surface area contributed by atoms with Crippen molar-refractivity contribution >= 4 is 16.3 Å². The van der Waals surface area contributed by atoms with Gasteiger partial charge in [0.15, 0.2) is 5.82 Å². The minimum Gasteiger partial charge on any atom is -0.182 e. The molecule has 2 heterocycles. The lowest BCUT2D eigenvalue weighted by molar-refractivity contribution is 0.590. The maximum atomic E-state index is 4.74. The van der Waals surface area contributed by atoms with Gasteiger partial charge in [-0.1, -0.05) is 86.2 Å². The van der Waals surface area contributed by atoms with Crippen molar-refractivity contribution in [2.75, 3.05) is 0 Å². The molecule has 0 bridgehead atoms. The minimum absolute atomic E-state index is 0.151. The van der Waals surface area contributed by atoms with E-state index in [1.165, 1.54) is 11.1 Å². The number of nitrogens with zero attached hydrogens (tertiary/aromatic N) is 4. The Morgan fingerprint density at radius 2 is 1.48 bits per heavy atom. The summed E-state index contributed by atoms with van der Waals surface area (Å²) in [6.45, 7) is 8.74. The first-order chi connectivity index (χ1) is 11.9. The summed E-state index contributed by atoms with van der Waals surface area (Å²) in [4.78, 5) is 0.811. The predicted octanol–water partition coefficient (Wildman–Crippen LogP) is 5.13. The van der Waals surface area contributed by atoms with Gasteiger partial charge in [0.2, 0.25) is 4.96 Å². The molecule has 2 aromatic carbocycles. The first-order valence-corrected chi connectivity index (χ1v) is 9.14. The zero-order valence-corrected chi connectivity index (χ0v) is 15.6. The van der Waals surface area contributed by atoms with Crippen LogP contribution in [0.4, 0.5) is 0 Å². The van der Waals surface area contributed by atoms with Crippen molar-refractivity contribution in [2.24, 2.45) is 0 Å². The molecule has 0 saturated carbocycles. The highest BCUT2D eigenvalue weighted by Gasteiger charge is 2.16. The van der Waals surface area contributed by atoms with Crippen molar-refractivity contribution in [2.45, 2.75) is 33.1 Å². The van der Waals surface area contributed by atoms with Gasteiger partial charge < -0.3 is 0 Å². The summed E-state index contributed by atoms with van der Waals surface area (Å²) in [5, 5.41) is 14.3. The number of aromatic nitrogens is 4. The van der Waals surface area contributed by atoms with E-state index in [1.807, 2.05) is 4.52 Å². The Bertz CT molecular complexity index is 1020. The van der Waals surface area contributed by atoms with Crippen molar-refractivity contribution < 1.29 is 0 Å². The maximum Gasteiger partial charge on any atom is 0.235 e. The molecule has 0 radical (unpaired) electrons. The Hall–Kier alpha value is -2.53. The molecule has 0 aliphatic rings. The van der Waals surface area contributed by atoms with Gasteiger partial charge in [0, 0.05) is 11.1 Å². The first-order valence-electron chi connectivity index (χ1n) is 8.32. The maximum absolute atomic E-state index is 4.74. The molecule has 4 nitrogen and oxygen atoms in total. The van der Waals surface area contributed by atoms with Gasteiger partial charge in [-0.15, -0.1) is 10.2 Å². The van der Waals surface area contributed by atoms with E-state index in [-0.39, 0.29) is 5.41 Å². The van der Waals surface area contributed by atoms with Gasteiger partial charge in [0.05, 0.1) is 0 Å². The van der Waals surface area contributed by atoms with E-state index in [4.69, 9.17) is 5.10 Å². The summed E-state index contributed by atoms with van der Waals surface area (Å²) in [6, 6.07) is 16.9. The van der Waals surface area contributed by atoms with Crippen LogP contribution in [0.25, 0.3) is 26.9 Å². The Kier molecular flexibility index (Phi) is 3.69. The predicted molar refractivity (Wildman–Crippen MR) is 103 cm³/mol. The van der Waals surface area contributed by atoms with Crippen molar-refractivity contribution in [3.8, 4) is 22.0 Å². The first kappa shape index (κ1) is 16.0. The van der Waals surface area contributed by atoms with Crippen molar-refractivity contribution in [3.05, 3.63) is 59.7 Å². The lowest BCUT2D eigenvalue weighted by atomic mass is 9.87. The molecule has 2 aromatic heterocycles. The van der Waals surface area contributed by atoms with E-state index in [0.717, 1.165) is 26.9 Å². The topological polar surface area (TPSA) is 43.1 Å². The molecule has 5 heteroatoms. The highest BCUT2D eigenvalue weighted by atomic mass is 32.1. The largest absolute Gasteiger partial charge is 0.235 e. The molecule has 0 amide bonds. The molecule has 0 N–H and O–H groups in total. The van der Waals surface area contributed by atoms with Crippen LogP contribution in [-0.2, 0) is 5.41 Å². The smallest absolute Gasteiger partial charge is 0.182 e. The number of benzene rings is 2. The van der Waals surface area contributed by atoms with E-state index < -0.39 is 0 Å². The second kappa shape index (κ2) is 5.77. The van der Waals surface area contributed by atoms with Gasteiger partial charge in [0.1, 0.15) is 5.01 Å². The molecule has 0 atom stereocenters. The minimum atomic E-state index is 0.151. The third kappa shape index (κ3) is 2.96. The zero-order chi connectivity index (χ0) is 17.6. The van der Waals surface area contributed by atoms with Crippen LogP contribution >= 0.6 is 11.3 Å². The van der Waals surface area contributed by atoms with Crippen molar-refractivity contribution in [3.63, 3.8) is 0 Å². The number of hydrogen-bond acceptors (Lipinski definition) is 4. The van der Waals surface area contributed by atoms with E-state index in [9.17, 15) is 0 Å². The summed E-state index contributed by atoms with van der Waals surface area (Å²) in [6.07, 6.45) is 0. The van der Waals surface area contributed by atoms with E-state index in [1.54, 1.807) is 11.3 Å². The van der Waals surface area contributed by atoms with Crippen LogP contribution in [0.3, 0.4) is 0 Å². The van der Waals surface area contributed by atoms with E-state index in [0.29, 0.717) is 0 Å². The van der Waals surface area contributed by atoms with Crippen molar-refractivity contribution in [1.29, 1.82) is 0 Å². The van der Waals surface area contributed by atoms with Gasteiger partial charge in [-0.3, -0.25) is 0 Å². The fourth-order valence-electron chi connectivity index (χ4n) is 2.73. The Morgan fingerprint density at radius 3 is 2.12 bits per heavy atom. The number of fused-ring (bicyclic) bond motifs is 1. The molecule has 126 valence electrons. The molecule has 0 fully saturated rings. The fraction of sp³-hybridized carbons (Fsp3) is 0.250. The van der Waals surface area contributed by atoms with Crippen LogP contribution in [0, 0.1) is 6.92 Å². The van der Waals surface area contributed by atoms with Crippen LogP contribution in [0.15, 0.2) is 48.5 Å². The van der Waals surface area contributed by atoms with Crippen LogP contribution in [0.2, 0.25) is 0 Å². The molecule has 0 aliphatic carbocycles. The van der Waals surface area contributed by atoms with Gasteiger partial charge in [-0.25, -0.2) is 0 Å². The number of rotatable bonds is 2. The third-order valence-corrected chi connectivity index (χ3v) is 5.25. The van der Waals surface area contributed by atoms with Gasteiger partial charge in [0.25, 0.3) is 0 Å². The van der Waals surface area contributed by atoms with Gasteiger partial charge in [-0.05, 0) is 17.9 Å². The Labute approximate surface area is 151 Å². The van der Waals surface area contributed by atoms with Gasteiger partial charge in [-0.2, -0.15) is 9.61 Å². The fourth-order valence-corrected chi connectivity index (χ4v) is 3.57. The van der Waals surface area contributed by atoms with Crippen molar-refractivity contribution in [1.82, 2.24) is 19.8 Å². The molecule has 0 spiro atoms. The lowest BCUT2D eigenvalue weighted by Gasteiger charge is -2.18. The second-order valence-corrected chi connectivity index (χ2v) is 8.27. The zero-order valence-electron chi connectivity index (χ0n) is 14.8.